The minimum atomic E-state index is -3.43. The Kier molecular flexibility index (Phi) is 6.24. The number of sulfonamides is 1. The van der Waals surface area contributed by atoms with E-state index in [1.165, 1.54) is 7.05 Å². The molecule has 7 heteroatoms. The van der Waals surface area contributed by atoms with Crippen LogP contribution in [0.2, 0.25) is 0 Å². The fraction of sp³-hybridized carbons (Fsp3) is 0.611. The monoisotopic (exact) mass is 368 g/mol. The molecule has 0 aromatic heterocycles. The van der Waals surface area contributed by atoms with Gasteiger partial charge in [-0.25, -0.2) is 13.1 Å². The molecule has 0 saturated carbocycles. The Labute approximate surface area is 150 Å². The molecule has 1 aromatic carbocycles. The third-order valence-corrected chi connectivity index (χ3v) is 6.61. The lowest BCUT2D eigenvalue weighted by atomic mass is 9.81. The number of likely N-dealkylation sites (tertiary alicyclic amines) is 1. The van der Waals surface area contributed by atoms with Crippen molar-refractivity contribution in [2.75, 3.05) is 20.1 Å². The second-order valence-electron chi connectivity index (χ2n) is 6.90. The third-order valence-electron chi connectivity index (χ3n) is 5.18. The molecule has 2 rings (SSSR count). The molecular formula is C18H28N2O4S. The molecule has 1 saturated heterocycles. The second kappa shape index (κ2) is 7.85. The van der Waals surface area contributed by atoms with Gasteiger partial charge in [0, 0.05) is 25.4 Å². The van der Waals surface area contributed by atoms with E-state index in [0.29, 0.717) is 32.4 Å². The molecule has 1 aliphatic rings. The Morgan fingerprint density at radius 1 is 1.36 bits per heavy atom. The summed E-state index contributed by atoms with van der Waals surface area (Å²) < 4.78 is 25.7. The number of hydrogen-bond acceptors (Lipinski definition) is 4. The summed E-state index contributed by atoms with van der Waals surface area (Å²) in [4.78, 5) is 14.5. The van der Waals surface area contributed by atoms with E-state index in [1.807, 2.05) is 18.7 Å². The number of rotatable bonds is 6. The van der Waals surface area contributed by atoms with E-state index in [2.05, 4.69) is 4.72 Å². The zero-order valence-corrected chi connectivity index (χ0v) is 16.0. The molecule has 2 atom stereocenters. The van der Waals surface area contributed by atoms with Crippen LogP contribution in [0.4, 0.5) is 0 Å². The van der Waals surface area contributed by atoms with Gasteiger partial charge < -0.3 is 10.0 Å². The van der Waals surface area contributed by atoms with Crippen molar-refractivity contribution in [3.05, 3.63) is 29.8 Å². The topological polar surface area (TPSA) is 86.7 Å². The van der Waals surface area contributed by atoms with Crippen molar-refractivity contribution in [3.8, 4) is 0 Å². The average Bonchev–Trinajstić information content (AvgIpc) is 2.59. The van der Waals surface area contributed by atoms with Gasteiger partial charge in [0.1, 0.15) is 0 Å². The molecule has 1 aromatic rings. The van der Waals surface area contributed by atoms with Crippen LogP contribution in [0.25, 0.3) is 0 Å². The Hall–Kier alpha value is -1.44. The highest BCUT2D eigenvalue weighted by Crippen LogP contribution is 2.30. The van der Waals surface area contributed by atoms with Crippen molar-refractivity contribution >= 4 is 15.9 Å². The predicted molar refractivity (Wildman–Crippen MR) is 96.6 cm³/mol. The first-order valence-electron chi connectivity index (χ1n) is 8.72. The molecule has 0 spiro atoms. The van der Waals surface area contributed by atoms with Crippen LogP contribution in [0.15, 0.2) is 29.2 Å². The largest absolute Gasteiger partial charge is 0.390 e. The summed E-state index contributed by atoms with van der Waals surface area (Å²) in [7, 11) is -2.06. The van der Waals surface area contributed by atoms with Crippen LogP contribution in [0, 0.1) is 5.92 Å². The summed E-state index contributed by atoms with van der Waals surface area (Å²) in [6.45, 7) is 5.07. The van der Waals surface area contributed by atoms with E-state index < -0.39 is 15.6 Å². The van der Waals surface area contributed by atoms with Crippen molar-refractivity contribution in [1.82, 2.24) is 9.62 Å². The van der Waals surface area contributed by atoms with Crippen LogP contribution in [0.5, 0.6) is 0 Å². The van der Waals surface area contributed by atoms with Gasteiger partial charge in [0.05, 0.1) is 10.5 Å². The van der Waals surface area contributed by atoms with E-state index in [9.17, 15) is 18.3 Å². The Morgan fingerprint density at radius 3 is 2.56 bits per heavy atom. The van der Waals surface area contributed by atoms with Crippen LogP contribution >= 0.6 is 0 Å². The van der Waals surface area contributed by atoms with Crippen LogP contribution in [0.3, 0.4) is 0 Å². The predicted octanol–water partition coefficient (Wildman–Crippen LogP) is 1.54. The number of nitrogens with zero attached hydrogens (tertiary/aromatic N) is 1. The molecule has 0 unspecified atom stereocenters. The van der Waals surface area contributed by atoms with Crippen LogP contribution in [-0.2, 0) is 21.2 Å². The lowest BCUT2D eigenvalue weighted by Crippen LogP contribution is -2.51. The number of aryl methyl sites for hydroxylation is 1. The van der Waals surface area contributed by atoms with Gasteiger partial charge in [-0.2, -0.15) is 0 Å². The number of carbonyl (C=O) groups is 1. The van der Waals surface area contributed by atoms with Gasteiger partial charge in [-0.3, -0.25) is 4.79 Å². The molecule has 1 fully saturated rings. The molecule has 1 aliphatic heterocycles. The highest BCUT2D eigenvalue weighted by atomic mass is 32.2. The third kappa shape index (κ3) is 4.80. The fourth-order valence-corrected chi connectivity index (χ4v) is 4.01. The normalized spacial score (nSPS) is 24.3. The van der Waals surface area contributed by atoms with Gasteiger partial charge in [0.15, 0.2) is 0 Å². The standard InChI is InChI=1S/C18H28N2O4S/c1-4-15-13-20(12-11-18(15,2)22)17(21)10-7-14-5-8-16(9-6-14)25(23,24)19-3/h5-6,8-9,15,19,22H,4,7,10-13H2,1-3H3/t15-,18+/m0/s1. The SMILES string of the molecule is CC[C@H]1CN(C(=O)CCc2ccc(S(=O)(=O)NC)cc2)CC[C@@]1(C)O. The van der Waals surface area contributed by atoms with E-state index in [-0.39, 0.29) is 16.7 Å². The smallest absolute Gasteiger partial charge is 0.240 e. The first-order valence-corrected chi connectivity index (χ1v) is 10.2. The first-order chi connectivity index (χ1) is 11.7. The van der Waals surface area contributed by atoms with Crippen molar-refractivity contribution < 1.29 is 18.3 Å². The number of amides is 1. The zero-order valence-electron chi connectivity index (χ0n) is 15.2. The van der Waals surface area contributed by atoms with E-state index in [1.54, 1.807) is 24.3 Å². The lowest BCUT2D eigenvalue weighted by molar-refractivity contribution is -0.138. The molecule has 140 valence electrons. The minimum Gasteiger partial charge on any atom is -0.390 e. The maximum absolute atomic E-state index is 12.5. The summed E-state index contributed by atoms with van der Waals surface area (Å²) in [6.07, 6.45) is 2.41. The molecule has 1 amide bonds. The van der Waals surface area contributed by atoms with Crippen LogP contribution < -0.4 is 4.72 Å². The number of carbonyl (C=O) groups excluding carboxylic acids is 1. The second-order valence-corrected chi connectivity index (χ2v) is 8.79. The Morgan fingerprint density at radius 2 is 2.00 bits per heavy atom. The average molecular weight is 368 g/mol. The van der Waals surface area contributed by atoms with Crippen molar-refractivity contribution in [3.63, 3.8) is 0 Å². The molecule has 6 nitrogen and oxygen atoms in total. The highest BCUT2D eigenvalue weighted by Gasteiger charge is 2.37. The number of piperidine rings is 1. The van der Waals surface area contributed by atoms with Gasteiger partial charge in [-0.05, 0) is 50.9 Å². The number of nitrogens with one attached hydrogen (secondary N) is 1. The summed E-state index contributed by atoms with van der Waals surface area (Å²) >= 11 is 0. The highest BCUT2D eigenvalue weighted by molar-refractivity contribution is 7.89. The number of hydrogen-bond donors (Lipinski definition) is 2. The molecule has 2 N–H and O–H groups in total. The number of benzene rings is 1. The molecule has 0 aliphatic carbocycles. The molecular weight excluding hydrogens is 340 g/mol. The first kappa shape index (κ1) is 19.9. The molecule has 25 heavy (non-hydrogen) atoms. The van der Waals surface area contributed by atoms with Gasteiger partial charge in [0.2, 0.25) is 15.9 Å². The quantitative estimate of drug-likeness (QED) is 0.797. The Balaban J connectivity index is 1.92. The maximum Gasteiger partial charge on any atom is 0.240 e. The molecule has 0 radical (unpaired) electrons. The maximum atomic E-state index is 12.5. The molecule has 0 bridgehead atoms. The van der Waals surface area contributed by atoms with Crippen molar-refractivity contribution in [2.24, 2.45) is 5.92 Å². The summed E-state index contributed by atoms with van der Waals surface area (Å²) in [6, 6.07) is 6.59. The fourth-order valence-electron chi connectivity index (χ4n) is 3.28. The van der Waals surface area contributed by atoms with Gasteiger partial charge in [0.25, 0.3) is 0 Å². The van der Waals surface area contributed by atoms with Crippen LogP contribution in [0.1, 0.15) is 38.7 Å². The summed E-state index contributed by atoms with van der Waals surface area (Å²) in [5.74, 6) is 0.192. The zero-order chi connectivity index (χ0) is 18.7. The van der Waals surface area contributed by atoms with Crippen LogP contribution in [-0.4, -0.2) is 50.1 Å². The number of aliphatic hydroxyl groups is 1. The van der Waals surface area contributed by atoms with E-state index in [4.69, 9.17) is 0 Å². The Bertz CT molecular complexity index is 698. The summed E-state index contributed by atoms with van der Waals surface area (Å²) in [5.41, 5.74) is 0.236. The van der Waals surface area contributed by atoms with E-state index >= 15 is 0 Å². The van der Waals surface area contributed by atoms with Gasteiger partial charge >= 0.3 is 0 Å². The minimum absolute atomic E-state index is 0.0841. The summed E-state index contributed by atoms with van der Waals surface area (Å²) in [5, 5.41) is 10.4. The lowest BCUT2D eigenvalue weighted by Gasteiger charge is -2.42. The van der Waals surface area contributed by atoms with Crippen molar-refractivity contribution in [1.29, 1.82) is 0 Å². The van der Waals surface area contributed by atoms with Crippen molar-refractivity contribution in [2.45, 2.75) is 50.0 Å². The van der Waals surface area contributed by atoms with Gasteiger partial charge in [-0.1, -0.05) is 19.1 Å². The van der Waals surface area contributed by atoms with E-state index in [0.717, 1.165) is 12.0 Å². The van der Waals surface area contributed by atoms with Gasteiger partial charge in [-0.15, -0.1) is 0 Å². The molecule has 1 heterocycles.